The molecule has 0 bridgehead atoms. The molecule has 13 rings (SSSR count). The number of hydrogen-bond acceptors (Lipinski definition) is 3. The number of benzene rings is 8. The summed E-state index contributed by atoms with van der Waals surface area (Å²) >= 11 is 0. The van der Waals surface area contributed by atoms with Crippen LogP contribution in [0.3, 0.4) is 0 Å². The molecule has 64 heavy (non-hydrogen) atoms. The van der Waals surface area contributed by atoms with Crippen LogP contribution in [0.15, 0.2) is 195 Å². The summed E-state index contributed by atoms with van der Waals surface area (Å²) in [5, 5.41) is 5.24. The van der Waals surface area contributed by atoms with Crippen molar-refractivity contribution in [3.63, 3.8) is 0 Å². The number of rotatable bonds is 6. The molecule has 2 aliphatic carbocycles. The van der Waals surface area contributed by atoms with Crippen molar-refractivity contribution >= 4 is 49.6 Å². The minimum Gasteiger partial charge on any atom is -0.310 e. The van der Waals surface area contributed by atoms with Crippen molar-refractivity contribution in [3.8, 4) is 50.2 Å². The van der Waals surface area contributed by atoms with Gasteiger partial charge < -0.3 is 9.47 Å². The van der Waals surface area contributed by atoms with Crippen molar-refractivity contribution in [2.24, 2.45) is 0 Å². The second kappa shape index (κ2) is 13.3. The van der Waals surface area contributed by atoms with E-state index in [0.29, 0.717) is 0 Å². The van der Waals surface area contributed by atoms with Crippen LogP contribution in [0.4, 0.5) is 17.1 Å². The van der Waals surface area contributed by atoms with Crippen LogP contribution in [0.25, 0.3) is 82.8 Å². The Balaban J connectivity index is 1.07. The lowest BCUT2D eigenvalue weighted by atomic mass is 9.80. The average molecular weight is 821 g/mol. The Labute approximate surface area is 373 Å². The Bertz CT molecular complexity index is 3640. The van der Waals surface area contributed by atoms with E-state index in [1.807, 2.05) is 36.9 Å². The zero-order valence-electron chi connectivity index (χ0n) is 36.3. The molecule has 304 valence electrons. The van der Waals surface area contributed by atoms with Gasteiger partial charge >= 0.3 is 0 Å². The molecule has 3 aromatic heterocycles. The maximum absolute atomic E-state index is 4.52. The van der Waals surface area contributed by atoms with Gasteiger partial charge in [-0.1, -0.05) is 125 Å². The molecule has 0 aliphatic heterocycles. The highest BCUT2D eigenvalue weighted by atomic mass is 15.1. The molecule has 8 aromatic carbocycles. The molecule has 0 N–H and O–H groups in total. The van der Waals surface area contributed by atoms with Gasteiger partial charge in [0.2, 0.25) is 0 Å². The quantitative estimate of drug-likeness (QED) is 0.157. The Morgan fingerprint density at radius 1 is 0.406 bits per heavy atom. The van der Waals surface area contributed by atoms with E-state index in [4.69, 9.17) is 0 Å². The summed E-state index contributed by atoms with van der Waals surface area (Å²) in [6.07, 6.45) is 7.57. The SMILES string of the molecule is CC1(C)c2ccccc2-c2cc3ccc4cc5c(c6c4c3c(c21)n6-c1cccc(-c2cccnc2)c1)C(C)(C)c1cc(N(c2ccccc2)c2ccc(-c3cccnc3)cc2)ccc1-5. The highest BCUT2D eigenvalue weighted by Gasteiger charge is 2.43. The summed E-state index contributed by atoms with van der Waals surface area (Å²) in [6.45, 7) is 9.72. The molecule has 0 radical (unpaired) electrons. The van der Waals surface area contributed by atoms with Crippen molar-refractivity contribution in [2.75, 3.05) is 4.90 Å². The minimum absolute atomic E-state index is 0.216. The van der Waals surface area contributed by atoms with Crippen LogP contribution in [-0.4, -0.2) is 14.5 Å². The first-order valence-electron chi connectivity index (χ1n) is 22.3. The van der Waals surface area contributed by atoms with Gasteiger partial charge in [0, 0.05) is 74.7 Å². The van der Waals surface area contributed by atoms with Crippen LogP contribution in [-0.2, 0) is 10.8 Å². The Morgan fingerprint density at radius 3 is 1.62 bits per heavy atom. The first-order chi connectivity index (χ1) is 31.3. The zero-order chi connectivity index (χ0) is 42.9. The van der Waals surface area contributed by atoms with E-state index in [1.54, 1.807) is 0 Å². The van der Waals surface area contributed by atoms with E-state index in [9.17, 15) is 0 Å². The zero-order valence-corrected chi connectivity index (χ0v) is 36.3. The lowest BCUT2D eigenvalue weighted by molar-refractivity contribution is 0.660. The third kappa shape index (κ3) is 5.11. The molecule has 0 saturated heterocycles. The number of pyridine rings is 2. The Kier molecular flexibility index (Phi) is 7.67. The van der Waals surface area contributed by atoms with Crippen LogP contribution in [0, 0.1) is 0 Å². The van der Waals surface area contributed by atoms with Gasteiger partial charge in [0.25, 0.3) is 0 Å². The van der Waals surface area contributed by atoms with E-state index >= 15 is 0 Å². The molecule has 0 amide bonds. The highest BCUT2D eigenvalue weighted by molar-refractivity contribution is 6.28. The first kappa shape index (κ1) is 36.8. The fourth-order valence-electron chi connectivity index (χ4n) is 11.5. The van der Waals surface area contributed by atoms with Gasteiger partial charge in [-0.25, -0.2) is 0 Å². The van der Waals surface area contributed by atoms with Gasteiger partial charge in [-0.05, 0) is 145 Å². The largest absolute Gasteiger partial charge is 0.310 e. The van der Waals surface area contributed by atoms with Crippen molar-refractivity contribution in [2.45, 2.75) is 38.5 Å². The molecule has 3 heterocycles. The molecule has 0 saturated carbocycles. The van der Waals surface area contributed by atoms with E-state index in [0.717, 1.165) is 45.0 Å². The topological polar surface area (TPSA) is 34.0 Å². The van der Waals surface area contributed by atoms with Gasteiger partial charge in [0.15, 0.2) is 0 Å². The maximum atomic E-state index is 4.52. The van der Waals surface area contributed by atoms with E-state index in [2.05, 4.69) is 205 Å². The standard InChI is InChI=1S/C60H44N4/c1-59(2)51-20-9-8-19-47(51)49-32-39-21-22-40-33-50-48-28-27-46(63(43-16-6-5-7-17-43)44-25-23-37(24-26-44)41-14-11-29-61-35-41)34-52(48)60(3,4)56(50)58-54(40)53(39)57(55(49)59)64(58)45-18-10-13-38(31-45)42-15-12-30-62-36-42/h5-36H,1-4H3. The number of fused-ring (bicyclic) bond motifs is 8. The predicted molar refractivity (Wildman–Crippen MR) is 266 cm³/mol. The monoisotopic (exact) mass is 820 g/mol. The molecular formula is C60H44N4. The Morgan fingerprint density at radius 2 is 0.969 bits per heavy atom. The number of hydrogen-bond donors (Lipinski definition) is 0. The summed E-state index contributed by atoms with van der Waals surface area (Å²) in [7, 11) is 0. The molecule has 11 aromatic rings. The minimum atomic E-state index is -0.345. The molecule has 2 aliphatic rings. The fourth-order valence-corrected chi connectivity index (χ4v) is 11.5. The normalized spacial score (nSPS) is 14.2. The molecular weight excluding hydrogens is 777 g/mol. The number of nitrogens with zero attached hydrogens (tertiary/aromatic N) is 4. The molecule has 0 unspecified atom stereocenters. The maximum Gasteiger partial charge on any atom is 0.0594 e. The third-order valence-electron chi connectivity index (χ3n) is 14.4. The van der Waals surface area contributed by atoms with Crippen LogP contribution in [0.2, 0.25) is 0 Å². The number of para-hydroxylation sites is 1. The number of aromatic nitrogens is 3. The van der Waals surface area contributed by atoms with Crippen LogP contribution >= 0.6 is 0 Å². The van der Waals surface area contributed by atoms with Gasteiger partial charge in [0.1, 0.15) is 0 Å². The third-order valence-corrected chi connectivity index (χ3v) is 14.4. The first-order valence-corrected chi connectivity index (χ1v) is 22.3. The summed E-state index contributed by atoms with van der Waals surface area (Å²) in [4.78, 5) is 11.3. The Hall–Kier alpha value is -7.82. The lowest BCUT2D eigenvalue weighted by Crippen LogP contribution is -2.18. The van der Waals surface area contributed by atoms with Gasteiger partial charge in [-0.2, -0.15) is 0 Å². The van der Waals surface area contributed by atoms with E-state index in [1.165, 1.54) is 77.1 Å². The molecule has 0 fully saturated rings. The highest BCUT2D eigenvalue weighted by Crippen LogP contribution is 2.59. The van der Waals surface area contributed by atoms with Gasteiger partial charge in [-0.3, -0.25) is 9.97 Å². The van der Waals surface area contributed by atoms with Crippen LogP contribution in [0.1, 0.15) is 49.9 Å². The molecule has 0 spiro atoms. The summed E-state index contributed by atoms with van der Waals surface area (Å²) in [5.41, 5.74) is 21.8. The smallest absolute Gasteiger partial charge is 0.0594 e. The van der Waals surface area contributed by atoms with Gasteiger partial charge in [-0.15, -0.1) is 0 Å². The predicted octanol–water partition coefficient (Wildman–Crippen LogP) is 15.6. The summed E-state index contributed by atoms with van der Waals surface area (Å²) in [6, 6.07) is 62.9. The summed E-state index contributed by atoms with van der Waals surface area (Å²) in [5.74, 6) is 0. The van der Waals surface area contributed by atoms with Crippen molar-refractivity contribution < 1.29 is 0 Å². The van der Waals surface area contributed by atoms with E-state index in [-0.39, 0.29) is 10.8 Å². The summed E-state index contributed by atoms with van der Waals surface area (Å²) < 4.78 is 2.66. The molecule has 4 heteroatoms. The average Bonchev–Trinajstić information content (AvgIpc) is 3.89. The van der Waals surface area contributed by atoms with Crippen molar-refractivity contribution in [1.29, 1.82) is 0 Å². The van der Waals surface area contributed by atoms with E-state index < -0.39 is 0 Å². The number of anilines is 3. The fraction of sp³-hybridized carbons (Fsp3) is 0.100. The van der Waals surface area contributed by atoms with Crippen molar-refractivity contribution in [1.82, 2.24) is 14.5 Å². The van der Waals surface area contributed by atoms with Crippen LogP contribution < -0.4 is 4.90 Å². The molecule has 0 atom stereocenters. The molecule has 4 nitrogen and oxygen atoms in total. The van der Waals surface area contributed by atoms with Gasteiger partial charge in [0.05, 0.1) is 11.0 Å². The second-order valence-corrected chi connectivity index (χ2v) is 18.7. The lowest BCUT2D eigenvalue weighted by Gasteiger charge is -2.28. The van der Waals surface area contributed by atoms with Crippen LogP contribution in [0.5, 0.6) is 0 Å². The second-order valence-electron chi connectivity index (χ2n) is 18.7. The van der Waals surface area contributed by atoms with Crippen molar-refractivity contribution in [3.05, 3.63) is 217 Å².